The summed E-state index contributed by atoms with van der Waals surface area (Å²) >= 11 is 0. The summed E-state index contributed by atoms with van der Waals surface area (Å²) in [6, 6.07) is 15.1. The van der Waals surface area contributed by atoms with E-state index in [9.17, 15) is 4.79 Å². The van der Waals surface area contributed by atoms with Gasteiger partial charge in [-0.05, 0) is 48.2 Å². The molecule has 2 aromatic carbocycles. The van der Waals surface area contributed by atoms with Crippen LogP contribution in [0.3, 0.4) is 0 Å². The molecule has 1 aliphatic rings. The van der Waals surface area contributed by atoms with Crippen LogP contribution in [0.1, 0.15) is 29.7 Å². The smallest absolute Gasteiger partial charge is 0.317 e. The molecule has 108 valence electrons. The minimum atomic E-state index is -0.794. The molecule has 3 rings (SSSR count). The highest BCUT2D eigenvalue weighted by molar-refractivity contribution is 5.77. The van der Waals surface area contributed by atoms with Gasteiger partial charge in [0.05, 0.1) is 6.54 Å². The van der Waals surface area contributed by atoms with Crippen molar-refractivity contribution in [1.29, 1.82) is 0 Å². The number of benzene rings is 2. The molecule has 0 aliphatic heterocycles. The summed E-state index contributed by atoms with van der Waals surface area (Å²) in [6.45, 7) is 2.10. The molecule has 0 heterocycles. The van der Waals surface area contributed by atoms with Crippen LogP contribution in [-0.2, 0) is 11.2 Å². The first kappa shape index (κ1) is 13.8. The summed E-state index contributed by atoms with van der Waals surface area (Å²) < 4.78 is 0. The summed E-state index contributed by atoms with van der Waals surface area (Å²) in [6.07, 6.45) is 0.967. The van der Waals surface area contributed by atoms with Crippen molar-refractivity contribution >= 4 is 5.97 Å². The van der Waals surface area contributed by atoms with Gasteiger partial charge in [0.25, 0.3) is 0 Å². The van der Waals surface area contributed by atoms with E-state index in [2.05, 4.69) is 42.5 Å². The van der Waals surface area contributed by atoms with Crippen molar-refractivity contribution in [3.63, 3.8) is 0 Å². The number of nitrogens with zero attached hydrogens (tertiary/aromatic N) is 1. The van der Waals surface area contributed by atoms with Crippen LogP contribution in [-0.4, -0.2) is 29.6 Å². The van der Waals surface area contributed by atoms with Crippen molar-refractivity contribution in [1.82, 2.24) is 4.90 Å². The van der Waals surface area contributed by atoms with Gasteiger partial charge in [0.15, 0.2) is 0 Å². The predicted octanol–water partition coefficient (Wildman–Crippen LogP) is 3.34. The van der Waals surface area contributed by atoms with Gasteiger partial charge in [-0.3, -0.25) is 9.69 Å². The number of likely N-dealkylation sites (N-methyl/N-ethyl adjacent to an activating group) is 1. The first-order valence-corrected chi connectivity index (χ1v) is 7.19. The van der Waals surface area contributed by atoms with Crippen LogP contribution in [0.15, 0.2) is 42.5 Å². The normalized spacial score (nSPS) is 13.9. The Labute approximate surface area is 124 Å². The average Bonchev–Trinajstić information content (AvgIpc) is 2.83. The van der Waals surface area contributed by atoms with E-state index in [0.29, 0.717) is 0 Å². The van der Waals surface area contributed by atoms with Gasteiger partial charge in [0.2, 0.25) is 0 Å². The number of rotatable bonds is 4. The Morgan fingerprint density at radius 1 is 1.19 bits per heavy atom. The fraction of sp³-hybridized carbons (Fsp3) is 0.278. The van der Waals surface area contributed by atoms with E-state index >= 15 is 0 Å². The van der Waals surface area contributed by atoms with Crippen LogP contribution < -0.4 is 0 Å². The van der Waals surface area contributed by atoms with E-state index < -0.39 is 5.97 Å². The zero-order chi connectivity index (χ0) is 15.0. The number of carboxylic acids is 1. The van der Waals surface area contributed by atoms with Crippen LogP contribution in [0.2, 0.25) is 0 Å². The van der Waals surface area contributed by atoms with Crippen LogP contribution in [0, 0.1) is 0 Å². The third kappa shape index (κ3) is 2.57. The second-order valence-electron chi connectivity index (χ2n) is 5.74. The van der Waals surface area contributed by atoms with Crippen molar-refractivity contribution in [2.45, 2.75) is 19.4 Å². The molecule has 0 saturated heterocycles. The van der Waals surface area contributed by atoms with Crippen molar-refractivity contribution in [2.24, 2.45) is 0 Å². The molecule has 0 saturated carbocycles. The van der Waals surface area contributed by atoms with Gasteiger partial charge < -0.3 is 5.11 Å². The highest BCUT2D eigenvalue weighted by Gasteiger charge is 2.20. The minimum Gasteiger partial charge on any atom is -0.480 e. The number of hydrogen-bond donors (Lipinski definition) is 1. The second kappa shape index (κ2) is 5.34. The van der Waals surface area contributed by atoms with Crippen LogP contribution in [0.25, 0.3) is 11.1 Å². The van der Waals surface area contributed by atoms with Gasteiger partial charge in [-0.25, -0.2) is 0 Å². The zero-order valence-corrected chi connectivity index (χ0v) is 12.3. The molecule has 2 aromatic rings. The highest BCUT2D eigenvalue weighted by Crippen LogP contribution is 2.37. The lowest BCUT2D eigenvalue weighted by Gasteiger charge is -2.23. The maximum Gasteiger partial charge on any atom is 0.317 e. The molecule has 0 fully saturated rings. The maximum absolute atomic E-state index is 10.8. The quantitative estimate of drug-likeness (QED) is 0.797. The SMILES string of the molecule is CC(c1ccc2c(c1)Cc1ccccc1-2)N(C)CC(=O)O. The van der Waals surface area contributed by atoms with E-state index in [1.165, 1.54) is 27.8 Å². The highest BCUT2D eigenvalue weighted by atomic mass is 16.4. The largest absolute Gasteiger partial charge is 0.480 e. The Bertz CT molecular complexity index is 693. The number of hydrogen-bond acceptors (Lipinski definition) is 2. The van der Waals surface area contributed by atoms with Crippen molar-refractivity contribution < 1.29 is 9.90 Å². The molecule has 3 nitrogen and oxygen atoms in total. The Kier molecular flexibility index (Phi) is 3.52. The lowest BCUT2D eigenvalue weighted by atomic mass is 9.99. The van der Waals surface area contributed by atoms with Crippen molar-refractivity contribution in [3.05, 3.63) is 59.2 Å². The first-order chi connectivity index (χ1) is 10.1. The van der Waals surface area contributed by atoms with Crippen LogP contribution in [0.5, 0.6) is 0 Å². The number of fused-ring (bicyclic) bond motifs is 3. The minimum absolute atomic E-state index is 0.0540. The monoisotopic (exact) mass is 281 g/mol. The van der Waals surface area contributed by atoms with Gasteiger partial charge in [0.1, 0.15) is 0 Å². The van der Waals surface area contributed by atoms with Gasteiger partial charge in [-0.2, -0.15) is 0 Å². The van der Waals surface area contributed by atoms with Crippen molar-refractivity contribution in [2.75, 3.05) is 13.6 Å². The third-order valence-electron chi connectivity index (χ3n) is 4.35. The zero-order valence-electron chi connectivity index (χ0n) is 12.3. The standard InChI is InChI=1S/C18H19NO2/c1-12(19(2)11-18(20)21)13-7-8-17-15(9-13)10-14-5-3-4-6-16(14)17/h3-9,12H,10-11H2,1-2H3,(H,20,21). The molecule has 0 radical (unpaired) electrons. The molecular weight excluding hydrogens is 262 g/mol. The predicted molar refractivity (Wildman–Crippen MR) is 83.4 cm³/mol. The summed E-state index contributed by atoms with van der Waals surface area (Å²) in [7, 11) is 1.85. The van der Waals surface area contributed by atoms with E-state index in [1.54, 1.807) is 0 Å². The number of carbonyl (C=O) groups is 1. The number of carboxylic acid groups (broad SMARTS) is 1. The lowest BCUT2D eigenvalue weighted by molar-refractivity contribution is -0.138. The Morgan fingerprint density at radius 2 is 1.90 bits per heavy atom. The molecule has 0 amide bonds. The van der Waals surface area contributed by atoms with Crippen LogP contribution in [0.4, 0.5) is 0 Å². The molecule has 1 aliphatic carbocycles. The summed E-state index contributed by atoms with van der Waals surface area (Å²) in [5, 5.41) is 8.91. The van der Waals surface area contributed by atoms with Gasteiger partial charge in [-0.1, -0.05) is 42.5 Å². The lowest BCUT2D eigenvalue weighted by Crippen LogP contribution is -2.28. The van der Waals surface area contributed by atoms with Gasteiger partial charge in [0, 0.05) is 6.04 Å². The van der Waals surface area contributed by atoms with Crippen LogP contribution >= 0.6 is 0 Å². The average molecular weight is 281 g/mol. The fourth-order valence-corrected chi connectivity index (χ4v) is 3.03. The molecule has 1 N–H and O–H groups in total. The van der Waals surface area contributed by atoms with E-state index in [4.69, 9.17) is 5.11 Å². The maximum atomic E-state index is 10.8. The Balaban J connectivity index is 1.88. The molecule has 21 heavy (non-hydrogen) atoms. The van der Waals surface area contributed by atoms with E-state index in [-0.39, 0.29) is 12.6 Å². The molecule has 0 aromatic heterocycles. The van der Waals surface area contributed by atoms with Crippen molar-refractivity contribution in [3.8, 4) is 11.1 Å². The fourth-order valence-electron chi connectivity index (χ4n) is 3.03. The molecule has 3 heteroatoms. The number of aliphatic carboxylic acids is 1. The molecular formula is C18H19NO2. The first-order valence-electron chi connectivity index (χ1n) is 7.19. The van der Waals surface area contributed by atoms with Gasteiger partial charge in [-0.15, -0.1) is 0 Å². The summed E-state index contributed by atoms with van der Waals surface area (Å²) in [5.74, 6) is -0.794. The third-order valence-corrected chi connectivity index (χ3v) is 4.35. The summed E-state index contributed by atoms with van der Waals surface area (Å²) in [5.41, 5.74) is 6.51. The Hall–Kier alpha value is -2.13. The summed E-state index contributed by atoms with van der Waals surface area (Å²) in [4.78, 5) is 12.7. The van der Waals surface area contributed by atoms with E-state index in [0.717, 1.165) is 6.42 Å². The Morgan fingerprint density at radius 3 is 2.67 bits per heavy atom. The molecule has 1 unspecified atom stereocenters. The molecule has 0 bridgehead atoms. The topological polar surface area (TPSA) is 40.5 Å². The second-order valence-corrected chi connectivity index (χ2v) is 5.74. The molecule has 0 spiro atoms. The molecule has 1 atom stereocenters. The van der Waals surface area contributed by atoms with E-state index in [1.807, 2.05) is 18.9 Å². The van der Waals surface area contributed by atoms with Gasteiger partial charge >= 0.3 is 5.97 Å².